The predicted molar refractivity (Wildman–Crippen MR) is 96.9 cm³/mol. The van der Waals surface area contributed by atoms with Crippen LogP contribution in [0.2, 0.25) is 0 Å². The fourth-order valence-electron chi connectivity index (χ4n) is 1.92. The topological polar surface area (TPSA) is 75.7 Å². The van der Waals surface area contributed by atoms with Gasteiger partial charge in [-0.1, -0.05) is 13.8 Å². The van der Waals surface area contributed by atoms with Gasteiger partial charge in [0.25, 0.3) is 5.91 Å². The predicted octanol–water partition coefficient (Wildman–Crippen LogP) is 2.54. The molecular formula is C17H28N2O4S. The molecule has 1 N–H and O–H groups in total. The number of ether oxygens (including phenoxy) is 1. The zero-order valence-electron chi connectivity index (χ0n) is 15.3. The monoisotopic (exact) mass is 356 g/mol. The van der Waals surface area contributed by atoms with Crippen LogP contribution in [-0.4, -0.2) is 39.3 Å². The maximum Gasteiger partial charge on any atom is 0.261 e. The Hall–Kier alpha value is -1.76. The lowest BCUT2D eigenvalue weighted by atomic mass is 10.0. The summed E-state index contributed by atoms with van der Waals surface area (Å²) in [7, 11) is -1.82. The molecule has 0 fully saturated rings. The van der Waals surface area contributed by atoms with Crippen molar-refractivity contribution >= 4 is 21.6 Å². The fourth-order valence-corrected chi connectivity index (χ4v) is 2.42. The molecule has 0 radical (unpaired) electrons. The van der Waals surface area contributed by atoms with Crippen LogP contribution >= 0.6 is 0 Å². The quantitative estimate of drug-likeness (QED) is 0.777. The Kier molecular flexibility index (Phi) is 6.66. The van der Waals surface area contributed by atoms with Crippen molar-refractivity contribution in [2.24, 2.45) is 0 Å². The first-order valence-corrected chi connectivity index (χ1v) is 9.87. The molecule has 0 saturated carbocycles. The van der Waals surface area contributed by atoms with E-state index in [2.05, 4.69) is 5.32 Å². The molecule has 0 unspecified atom stereocenters. The minimum absolute atomic E-state index is 0.151. The van der Waals surface area contributed by atoms with Gasteiger partial charge >= 0.3 is 0 Å². The first-order valence-electron chi connectivity index (χ1n) is 8.02. The summed E-state index contributed by atoms with van der Waals surface area (Å²) in [6.07, 6.45) is 1.91. The second-order valence-corrected chi connectivity index (χ2v) is 8.48. The van der Waals surface area contributed by atoms with Crippen molar-refractivity contribution in [2.45, 2.75) is 52.2 Å². The highest BCUT2D eigenvalue weighted by atomic mass is 32.2. The molecule has 0 spiro atoms. The Morgan fingerprint density at radius 1 is 1.25 bits per heavy atom. The number of sulfonamides is 1. The molecule has 0 aromatic heterocycles. The van der Waals surface area contributed by atoms with Crippen molar-refractivity contribution in [3.8, 4) is 5.75 Å². The van der Waals surface area contributed by atoms with Crippen molar-refractivity contribution in [1.29, 1.82) is 0 Å². The summed E-state index contributed by atoms with van der Waals surface area (Å²) in [5.41, 5.74) is 0.255. The molecule has 0 aliphatic carbocycles. The van der Waals surface area contributed by atoms with Gasteiger partial charge in [0.05, 0.1) is 11.9 Å². The van der Waals surface area contributed by atoms with Crippen LogP contribution in [0.25, 0.3) is 0 Å². The van der Waals surface area contributed by atoms with Gasteiger partial charge in [0.15, 0.2) is 6.10 Å². The van der Waals surface area contributed by atoms with Gasteiger partial charge in [-0.3, -0.25) is 9.10 Å². The number of amides is 1. The Labute approximate surface area is 145 Å². The normalized spacial score (nSPS) is 13.2. The summed E-state index contributed by atoms with van der Waals surface area (Å²) in [4.78, 5) is 12.3. The number of benzene rings is 1. The van der Waals surface area contributed by atoms with E-state index in [0.29, 0.717) is 17.9 Å². The number of nitrogens with zero attached hydrogens (tertiary/aromatic N) is 1. The van der Waals surface area contributed by atoms with Gasteiger partial charge in [-0.2, -0.15) is 0 Å². The zero-order chi connectivity index (χ0) is 18.5. The zero-order valence-corrected chi connectivity index (χ0v) is 16.1. The molecule has 1 rings (SSSR count). The molecule has 0 heterocycles. The number of carbonyl (C=O) groups is 1. The average molecular weight is 356 g/mol. The van der Waals surface area contributed by atoms with E-state index in [-0.39, 0.29) is 11.4 Å². The Morgan fingerprint density at radius 2 is 1.79 bits per heavy atom. The average Bonchev–Trinajstić information content (AvgIpc) is 2.51. The van der Waals surface area contributed by atoms with Gasteiger partial charge in [-0.05, 0) is 51.0 Å². The summed E-state index contributed by atoms with van der Waals surface area (Å²) in [5, 5.41) is 2.98. The smallest absolute Gasteiger partial charge is 0.261 e. The van der Waals surface area contributed by atoms with Crippen LogP contribution in [-0.2, 0) is 14.8 Å². The van der Waals surface area contributed by atoms with E-state index in [1.54, 1.807) is 24.3 Å². The van der Waals surface area contributed by atoms with Crippen LogP contribution in [0.15, 0.2) is 24.3 Å². The van der Waals surface area contributed by atoms with Crippen molar-refractivity contribution in [1.82, 2.24) is 5.32 Å². The molecule has 1 atom stereocenters. The molecule has 1 aromatic carbocycles. The number of rotatable bonds is 8. The van der Waals surface area contributed by atoms with Crippen molar-refractivity contribution < 1.29 is 17.9 Å². The Bertz CT molecular complexity index is 654. The third-order valence-electron chi connectivity index (χ3n) is 3.98. The number of anilines is 1. The van der Waals surface area contributed by atoms with Gasteiger partial charge < -0.3 is 10.1 Å². The van der Waals surface area contributed by atoms with Gasteiger partial charge in [0, 0.05) is 12.6 Å². The molecule has 0 aliphatic rings. The number of nitrogens with one attached hydrogen (secondary N) is 1. The van der Waals surface area contributed by atoms with Gasteiger partial charge in [-0.15, -0.1) is 0 Å². The van der Waals surface area contributed by atoms with Crippen molar-refractivity contribution in [3.05, 3.63) is 24.3 Å². The highest BCUT2D eigenvalue weighted by Gasteiger charge is 2.25. The molecule has 1 aromatic rings. The van der Waals surface area contributed by atoms with Crippen LogP contribution in [0.1, 0.15) is 40.5 Å². The molecule has 0 aliphatic heterocycles. The minimum Gasteiger partial charge on any atom is -0.481 e. The number of hydrogen-bond donors (Lipinski definition) is 1. The number of carbonyl (C=O) groups excluding carboxylic acids is 1. The van der Waals surface area contributed by atoms with Gasteiger partial charge in [0.1, 0.15) is 5.75 Å². The van der Waals surface area contributed by atoms with Crippen molar-refractivity contribution in [3.63, 3.8) is 0 Å². The van der Waals surface area contributed by atoms with Crippen LogP contribution < -0.4 is 14.4 Å². The van der Waals surface area contributed by atoms with Gasteiger partial charge in [0.2, 0.25) is 10.0 Å². The Balaban J connectivity index is 2.82. The third kappa shape index (κ3) is 5.70. The summed E-state index contributed by atoms with van der Waals surface area (Å²) in [6, 6.07) is 6.63. The maximum absolute atomic E-state index is 12.3. The first kappa shape index (κ1) is 20.3. The van der Waals surface area contributed by atoms with E-state index in [0.717, 1.165) is 12.7 Å². The molecule has 7 heteroatoms. The molecule has 1 amide bonds. The molecule has 0 bridgehead atoms. The highest BCUT2D eigenvalue weighted by molar-refractivity contribution is 7.92. The van der Waals surface area contributed by atoms with E-state index < -0.39 is 16.1 Å². The van der Waals surface area contributed by atoms with E-state index in [1.165, 1.54) is 11.4 Å². The van der Waals surface area contributed by atoms with E-state index >= 15 is 0 Å². The van der Waals surface area contributed by atoms with Crippen LogP contribution in [0.5, 0.6) is 5.75 Å². The van der Waals surface area contributed by atoms with Gasteiger partial charge in [-0.25, -0.2) is 8.42 Å². The summed E-state index contributed by atoms with van der Waals surface area (Å²) >= 11 is 0. The molecule has 0 saturated heterocycles. The molecule has 24 heavy (non-hydrogen) atoms. The lowest BCUT2D eigenvalue weighted by molar-refractivity contribution is -0.129. The Morgan fingerprint density at radius 3 is 2.21 bits per heavy atom. The first-order chi connectivity index (χ1) is 11.0. The summed E-state index contributed by atoms with van der Waals surface area (Å²) in [6.45, 7) is 7.83. The van der Waals surface area contributed by atoms with E-state index in [4.69, 9.17) is 4.74 Å². The highest BCUT2D eigenvalue weighted by Crippen LogP contribution is 2.21. The molecule has 136 valence electrons. The second kappa shape index (κ2) is 7.88. The molecular weight excluding hydrogens is 328 g/mol. The fraction of sp³-hybridized carbons (Fsp3) is 0.588. The van der Waals surface area contributed by atoms with Crippen LogP contribution in [0.4, 0.5) is 5.69 Å². The summed E-state index contributed by atoms with van der Waals surface area (Å²) < 4.78 is 30.0. The SMILES string of the molecule is CC[C@H](Oc1ccc(N(C)S(C)(=O)=O)cc1)C(=O)NC(C)(C)CC. The van der Waals surface area contributed by atoms with Crippen molar-refractivity contribution in [2.75, 3.05) is 17.6 Å². The van der Waals surface area contributed by atoms with Crippen LogP contribution in [0.3, 0.4) is 0 Å². The number of hydrogen-bond acceptors (Lipinski definition) is 4. The minimum atomic E-state index is -3.30. The standard InChI is InChI=1S/C17H28N2O4S/c1-7-15(16(20)18-17(3,4)8-2)23-14-11-9-13(10-12-14)19(5)24(6,21)22/h9-12,15H,7-8H2,1-6H3,(H,18,20)/t15-/m0/s1. The second-order valence-electron chi connectivity index (χ2n) is 6.47. The third-order valence-corrected chi connectivity index (χ3v) is 5.19. The maximum atomic E-state index is 12.3. The summed E-state index contributed by atoms with van der Waals surface area (Å²) in [5.74, 6) is 0.374. The lowest BCUT2D eigenvalue weighted by Gasteiger charge is -2.27. The lowest BCUT2D eigenvalue weighted by Crippen LogP contribution is -2.48. The van der Waals surface area contributed by atoms with Crippen LogP contribution in [0, 0.1) is 0 Å². The van der Waals surface area contributed by atoms with E-state index in [9.17, 15) is 13.2 Å². The molecule has 6 nitrogen and oxygen atoms in total. The largest absolute Gasteiger partial charge is 0.481 e. The van der Waals surface area contributed by atoms with E-state index in [1.807, 2.05) is 27.7 Å².